The van der Waals surface area contributed by atoms with Gasteiger partial charge >= 0.3 is 0 Å². The van der Waals surface area contributed by atoms with Crippen LogP contribution in [0.2, 0.25) is 5.02 Å². The van der Waals surface area contributed by atoms with Crippen LogP contribution >= 0.6 is 35.6 Å². The molecule has 8 heteroatoms. The standard InChI is InChI=1S/C15H23ClN4O2.HI/c1-20(2)14(21)11-19-15(17-8-9-22-3)18-10-12-4-6-13(16)7-5-12;/h4-7H,8-11H2,1-3H3,(H2,17,18,19);1H. The van der Waals surface area contributed by atoms with E-state index in [1.165, 1.54) is 4.90 Å². The SMILES string of the molecule is COCCNC(=NCc1ccc(Cl)cc1)NCC(=O)N(C)C.I. The Bertz CT molecular complexity index is 495. The molecule has 0 unspecified atom stereocenters. The van der Waals surface area contributed by atoms with E-state index in [1.807, 2.05) is 24.3 Å². The number of nitrogens with zero attached hydrogens (tertiary/aromatic N) is 2. The second-order valence-corrected chi connectivity index (χ2v) is 5.29. The molecule has 0 aliphatic rings. The number of hydrogen-bond acceptors (Lipinski definition) is 3. The van der Waals surface area contributed by atoms with E-state index >= 15 is 0 Å². The number of carbonyl (C=O) groups excluding carboxylic acids is 1. The van der Waals surface area contributed by atoms with E-state index in [1.54, 1.807) is 21.2 Å². The van der Waals surface area contributed by atoms with Gasteiger partial charge in [-0.2, -0.15) is 0 Å². The minimum Gasteiger partial charge on any atom is -0.383 e. The van der Waals surface area contributed by atoms with Gasteiger partial charge in [0.1, 0.15) is 0 Å². The normalized spacial score (nSPS) is 10.7. The van der Waals surface area contributed by atoms with E-state index in [2.05, 4.69) is 15.6 Å². The van der Waals surface area contributed by atoms with Gasteiger partial charge in [-0.3, -0.25) is 4.79 Å². The van der Waals surface area contributed by atoms with Crippen LogP contribution in [0.3, 0.4) is 0 Å². The average Bonchev–Trinajstić information content (AvgIpc) is 2.50. The molecule has 130 valence electrons. The van der Waals surface area contributed by atoms with Crippen molar-refractivity contribution in [2.75, 3.05) is 40.9 Å². The summed E-state index contributed by atoms with van der Waals surface area (Å²) in [6.45, 7) is 1.85. The molecule has 2 N–H and O–H groups in total. The van der Waals surface area contributed by atoms with Crippen LogP contribution in [0, 0.1) is 0 Å². The molecule has 1 rings (SSSR count). The van der Waals surface area contributed by atoms with Gasteiger partial charge in [-0.25, -0.2) is 4.99 Å². The molecule has 0 fully saturated rings. The maximum Gasteiger partial charge on any atom is 0.241 e. The van der Waals surface area contributed by atoms with E-state index in [0.717, 1.165) is 5.56 Å². The van der Waals surface area contributed by atoms with Gasteiger partial charge in [0.05, 0.1) is 19.7 Å². The molecule has 0 aliphatic heterocycles. The summed E-state index contributed by atoms with van der Waals surface area (Å²) >= 11 is 5.86. The Labute approximate surface area is 159 Å². The number of halogens is 2. The second-order valence-electron chi connectivity index (χ2n) is 4.85. The minimum atomic E-state index is -0.0206. The summed E-state index contributed by atoms with van der Waals surface area (Å²) in [6.07, 6.45) is 0. The van der Waals surface area contributed by atoms with E-state index in [9.17, 15) is 4.79 Å². The van der Waals surface area contributed by atoms with Crippen molar-refractivity contribution in [1.82, 2.24) is 15.5 Å². The number of guanidine groups is 1. The quantitative estimate of drug-likeness (QED) is 0.285. The fourth-order valence-electron chi connectivity index (χ4n) is 1.52. The molecule has 1 amide bonds. The monoisotopic (exact) mass is 454 g/mol. The fraction of sp³-hybridized carbons (Fsp3) is 0.467. The number of amides is 1. The lowest BCUT2D eigenvalue weighted by Gasteiger charge is -2.14. The van der Waals surface area contributed by atoms with Gasteiger partial charge in [-0.15, -0.1) is 24.0 Å². The molecule has 23 heavy (non-hydrogen) atoms. The van der Waals surface area contributed by atoms with Crippen LogP contribution in [0.1, 0.15) is 5.56 Å². The molecule has 0 aromatic heterocycles. The predicted molar refractivity (Wildman–Crippen MR) is 105 cm³/mol. The van der Waals surface area contributed by atoms with Crippen LogP contribution in [0.4, 0.5) is 0 Å². The first-order chi connectivity index (χ1) is 10.5. The predicted octanol–water partition coefficient (Wildman–Crippen LogP) is 1.73. The third-order valence-corrected chi connectivity index (χ3v) is 3.09. The molecule has 0 bridgehead atoms. The zero-order valence-electron chi connectivity index (χ0n) is 13.6. The highest BCUT2D eigenvalue weighted by Gasteiger charge is 2.05. The summed E-state index contributed by atoms with van der Waals surface area (Å²) in [6, 6.07) is 7.49. The first-order valence-corrected chi connectivity index (χ1v) is 7.36. The third-order valence-electron chi connectivity index (χ3n) is 2.84. The van der Waals surface area contributed by atoms with Crippen LogP contribution in [0.5, 0.6) is 0 Å². The Morgan fingerprint density at radius 2 is 1.91 bits per heavy atom. The van der Waals surface area contributed by atoms with Crippen LogP contribution in [0.25, 0.3) is 0 Å². The maximum absolute atomic E-state index is 11.6. The summed E-state index contributed by atoms with van der Waals surface area (Å²) in [5.41, 5.74) is 1.04. The number of hydrogen-bond donors (Lipinski definition) is 2. The van der Waals surface area contributed by atoms with Crippen molar-refractivity contribution in [3.8, 4) is 0 Å². The van der Waals surface area contributed by atoms with Gasteiger partial charge in [-0.05, 0) is 17.7 Å². The Balaban J connectivity index is 0.00000484. The largest absolute Gasteiger partial charge is 0.383 e. The number of likely N-dealkylation sites (N-methyl/N-ethyl adjacent to an activating group) is 1. The lowest BCUT2D eigenvalue weighted by Crippen LogP contribution is -2.43. The molecule has 0 atom stereocenters. The van der Waals surface area contributed by atoms with Gasteiger partial charge in [0, 0.05) is 32.8 Å². The van der Waals surface area contributed by atoms with Gasteiger partial charge in [0.2, 0.25) is 5.91 Å². The number of carbonyl (C=O) groups is 1. The van der Waals surface area contributed by atoms with Gasteiger partial charge < -0.3 is 20.3 Å². The lowest BCUT2D eigenvalue weighted by atomic mass is 10.2. The Morgan fingerprint density at radius 3 is 2.48 bits per heavy atom. The number of ether oxygens (including phenoxy) is 1. The summed E-state index contributed by atoms with van der Waals surface area (Å²) < 4.78 is 5.00. The molecule has 0 spiro atoms. The first-order valence-electron chi connectivity index (χ1n) is 6.98. The third kappa shape index (κ3) is 9.62. The Kier molecular flexibility index (Phi) is 11.8. The number of nitrogens with one attached hydrogen (secondary N) is 2. The maximum atomic E-state index is 11.6. The van der Waals surface area contributed by atoms with Crippen molar-refractivity contribution >= 4 is 47.4 Å². The highest BCUT2D eigenvalue weighted by atomic mass is 127. The highest BCUT2D eigenvalue weighted by Crippen LogP contribution is 2.09. The number of aliphatic imine (C=N–C) groups is 1. The van der Waals surface area contributed by atoms with E-state index < -0.39 is 0 Å². The van der Waals surface area contributed by atoms with Crippen molar-refractivity contribution in [3.05, 3.63) is 34.9 Å². The van der Waals surface area contributed by atoms with Crippen LogP contribution < -0.4 is 10.6 Å². The van der Waals surface area contributed by atoms with Crippen LogP contribution in [-0.2, 0) is 16.1 Å². The molecule has 1 aromatic rings. The molecule has 0 aliphatic carbocycles. The van der Waals surface area contributed by atoms with Crippen molar-refractivity contribution in [2.45, 2.75) is 6.54 Å². The summed E-state index contributed by atoms with van der Waals surface area (Å²) in [5.74, 6) is 0.551. The van der Waals surface area contributed by atoms with Crippen molar-refractivity contribution in [2.24, 2.45) is 4.99 Å². The summed E-state index contributed by atoms with van der Waals surface area (Å²) in [7, 11) is 5.06. The molecule has 0 heterocycles. The highest BCUT2D eigenvalue weighted by molar-refractivity contribution is 14.0. The summed E-state index contributed by atoms with van der Waals surface area (Å²) in [5, 5.41) is 6.82. The molecule has 0 radical (unpaired) electrons. The van der Waals surface area contributed by atoms with Crippen LogP contribution in [0.15, 0.2) is 29.3 Å². The number of rotatable bonds is 7. The minimum absolute atomic E-state index is 0. The Hall–Kier alpha value is -1.06. The Morgan fingerprint density at radius 1 is 1.26 bits per heavy atom. The zero-order chi connectivity index (χ0) is 16.4. The topological polar surface area (TPSA) is 66.0 Å². The molecule has 0 saturated carbocycles. The second kappa shape index (κ2) is 12.4. The van der Waals surface area contributed by atoms with Crippen LogP contribution in [-0.4, -0.2) is 57.7 Å². The fourth-order valence-corrected chi connectivity index (χ4v) is 1.65. The first kappa shape index (κ1) is 21.9. The zero-order valence-corrected chi connectivity index (χ0v) is 16.7. The number of methoxy groups -OCH3 is 1. The van der Waals surface area contributed by atoms with Crippen molar-refractivity contribution in [1.29, 1.82) is 0 Å². The smallest absolute Gasteiger partial charge is 0.241 e. The van der Waals surface area contributed by atoms with Crippen molar-refractivity contribution in [3.63, 3.8) is 0 Å². The molecule has 1 aromatic carbocycles. The molecule has 0 saturated heterocycles. The van der Waals surface area contributed by atoms with E-state index in [0.29, 0.717) is 30.7 Å². The average molecular weight is 455 g/mol. The molecular weight excluding hydrogens is 431 g/mol. The van der Waals surface area contributed by atoms with E-state index in [4.69, 9.17) is 16.3 Å². The molecular formula is C15H24ClIN4O2. The van der Waals surface area contributed by atoms with E-state index in [-0.39, 0.29) is 36.4 Å². The summed E-state index contributed by atoms with van der Waals surface area (Å²) in [4.78, 5) is 17.6. The van der Waals surface area contributed by atoms with Gasteiger partial charge in [0.25, 0.3) is 0 Å². The van der Waals surface area contributed by atoms with Crippen molar-refractivity contribution < 1.29 is 9.53 Å². The number of benzene rings is 1. The van der Waals surface area contributed by atoms with Gasteiger partial charge in [-0.1, -0.05) is 23.7 Å². The lowest BCUT2D eigenvalue weighted by molar-refractivity contribution is -0.127. The molecule has 6 nitrogen and oxygen atoms in total. The van der Waals surface area contributed by atoms with Gasteiger partial charge in [0.15, 0.2) is 5.96 Å².